The molecular formula is C6H14I2N2. The molecule has 0 bridgehead atoms. The molecule has 0 saturated carbocycles. The molecule has 10 heavy (non-hydrogen) atoms. The molecule has 2 N–H and O–H groups in total. The molecule has 0 heterocycles. The summed E-state index contributed by atoms with van der Waals surface area (Å²) in [6.07, 6.45) is 2.47. The van der Waals surface area contributed by atoms with Gasteiger partial charge < -0.3 is 0 Å². The standard InChI is InChI=1S/C6H14I2N2/c1-5(9-7)3-4-6(2)10-8/h5-6,9-10H,3-4H2,1-2H3. The molecule has 2 nitrogen and oxygen atoms in total. The van der Waals surface area contributed by atoms with Crippen LogP contribution in [0.4, 0.5) is 0 Å². The third-order valence-corrected chi connectivity index (χ3v) is 3.53. The van der Waals surface area contributed by atoms with E-state index in [2.05, 4.69) is 66.6 Å². The van der Waals surface area contributed by atoms with Crippen LogP contribution in [-0.2, 0) is 0 Å². The van der Waals surface area contributed by atoms with E-state index in [1.54, 1.807) is 0 Å². The minimum Gasteiger partial charge on any atom is -0.258 e. The monoisotopic (exact) mass is 368 g/mol. The van der Waals surface area contributed by atoms with Crippen LogP contribution in [-0.4, -0.2) is 12.1 Å². The van der Waals surface area contributed by atoms with Gasteiger partial charge in [0.15, 0.2) is 0 Å². The predicted octanol–water partition coefficient (Wildman–Crippen LogP) is 2.42. The lowest BCUT2D eigenvalue weighted by molar-refractivity contribution is 0.542. The van der Waals surface area contributed by atoms with Gasteiger partial charge in [-0.1, -0.05) is 0 Å². The summed E-state index contributed by atoms with van der Waals surface area (Å²) < 4.78 is 6.37. The Morgan fingerprint density at radius 3 is 1.50 bits per heavy atom. The molecule has 0 saturated heterocycles. The quantitative estimate of drug-likeness (QED) is 0.576. The maximum absolute atomic E-state index is 3.18. The van der Waals surface area contributed by atoms with Crippen molar-refractivity contribution in [2.75, 3.05) is 0 Å². The molecule has 0 radical (unpaired) electrons. The number of halogens is 2. The van der Waals surface area contributed by atoms with Gasteiger partial charge in [-0.25, -0.2) is 0 Å². The Morgan fingerprint density at radius 2 is 1.30 bits per heavy atom. The summed E-state index contributed by atoms with van der Waals surface area (Å²) in [6, 6.07) is 1.26. The Morgan fingerprint density at radius 1 is 1.00 bits per heavy atom. The largest absolute Gasteiger partial charge is 0.258 e. The molecule has 0 aliphatic carbocycles. The number of hydrogen-bond donors (Lipinski definition) is 2. The SMILES string of the molecule is CC(CCC(C)NI)NI. The first kappa shape index (κ1) is 11.4. The van der Waals surface area contributed by atoms with E-state index in [-0.39, 0.29) is 0 Å². The molecule has 2 atom stereocenters. The molecule has 0 aliphatic rings. The van der Waals surface area contributed by atoms with Crippen molar-refractivity contribution in [2.24, 2.45) is 0 Å². The van der Waals surface area contributed by atoms with Gasteiger partial charge >= 0.3 is 0 Å². The molecule has 4 heteroatoms. The van der Waals surface area contributed by atoms with E-state index in [1.807, 2.05) is 0 Å². The van der Waals surface area contributed by atoms with Crippen LogP contribution in [0.2, 0.25) is 0 Å². The van der Waals surface area contributed by atoms with Crippen LogP contribution in [0, 0.1) is 0 Å². The minimum atomic E-state index is 0.632. The Balaban J connectivity index is 3.17. The molecular weight excluding hydrogens is 354 g/mol. The lowest BCUT2D eigenvalue weighted by Crippen LogP contribution is -2.21. The first-order valence-electron chi connectivity index (χ1n) is 3.43. The molecule has 0 fully saturated rings. The molecule has 0 aromatic carbocycles. The van der Waals surface area contributed by atoms with Crippen molar-refractivity contribution in [3.63, 3.8) is 0 Å². The average Bonchev–Trinajstić information content (AvgIpc) is 1.99. The van der Waals surface area contributed by atoms with E-state index in [9.17, 15) is 0 Å². The summed E-state index contributed by atoms with van der Waals surface area (Å²) >= 11 is 4.40. The third kappa shape index (κ3) is 6.11. The van der Waals surface area contributed by atoms with E-state index in [4.69, 9.17) is 0 Å². The lowest BCUT2D eigenvalue weighted by Gasteiger charge is -2.11. The summed E-state index contributed by atoms with van der Waals surface area (Å²) in [6.45, 7) is 4.40. The second kappa shape index (κ2) is 7.05. The second-order valence-electron chi connectivity index (χ2n) is 2.60. The van der Waals surface area contributed by atoms with Crippen molar-refractivity contribution in [3.05, 3.63) is 0 Å². The van der Waals surface area contributed by atoms with Crippen LogP contribution in [0.5, 0.6) is 0 Å². The average molecular weight is 368 g/mol. The molecule has 0 rings (SSSR count). The van der Waals surface area contributed by atoms with Crippen LogP contribution in [0.25, 0.3) is 0 Å². The highest BCUT2D eigenvalue weighted by Gasteiger charge is 2.02. The topological polar surface area (TPSA) is 24.1 Å². The van der Waals surface area contributed by atoms with Gasteiger partial charge in [0.1, 0.15) is 0 Å². The normalized spacial score (nSPS) is 16.8. The maximum atomic E-state index is 3.18. The van der Waals surface area contributed by atoms with Gasteiger partial charge in [0.2, 0.25) is 0 Å². The highest BCUT2D eigenvalue weighted by atomic mass is 127. The molecule has 0 aromatic rings. The molecule has 2 unspecified atom stereocenters. The van der Waals surface area contributed by atoms with Gasteiger partial charge in [0.25, 0.3) is 0 Å². The van der Waals surface area contributed by atoms with E-state index in [0.29, 0.717) is 12.1 Å². The van der Waals surface area contributed by atoms with Gasteiger partial charge in [-0.15, -0.1) is 0 Å². The molecule has 0 amide bonds. The Hall–Kier alpha value is 1.38. The highest BCUT2D eigenvalue weighted by molar-refractivity contribution is 14.1. The summed E-state index contributed by atoms with van der Waals surface area (Å²) in [4.78, 5) is 0. The summed E-state index contributed by atoms with van der Waals surface area (Å²) in [7, 11) is 0. The van der Waals surface area contributed by atoms with Crippen LogP contribution >= 0.6 is 45.7 Å². The van der Waals surface area contributed by atoms with Gasteiger partial charge in [0, 0.05) is 57.8 Å². The highest BCUT2D eigenvalue weighted by Crippen LogP contribution is 2.02. The van der Waals surface area contributed by atoms with Gasteiger partial charge in [-0.05, 0) is 26.7 Å². The Labute approximate surface area is 90.9 Å². The fourth-order valence-electron chi connectivity index (χ4n) is 0.609. The van der Waals surface area contributed by atoms with Crippen LogP contribution in [0.3, 0.4) is 0 Å². The maximum Gasteiger partial charge on any atom is 0.0172 e. The van der Waals surface area contributed by atoms with Gasteiger partial charge in [-0.3, -0.25) is 7.06 Å². The third-order valence-electron chi connectivity index (χ3n) is 1.41. The first-order valence-corrected chi connectivity index (χ1v) is 5.58. The fraction of sp³-hybridized carbons (Fsp3) is 1.00. The van der Waals surface area contributed by atoms with Crippen molar-refractivity contribution in [1.29, 1.82) is 0 Å². The zero-order valence-corrected chi connectivity index (χ0v) is 10.6. The van der Waals surface area contributed by atoms with Crippen molar-refractivity contribution in [1.82, 2.24) is 7.06 Å². The Bertz CT molecular complexity index is 70.1. The predicted molar refractivity (Wildman–Crippen MR) is 62.5 cm³/mol. The lowest BCUT2D eigenvalue weighted by atomic mass is 10.1. The summed E-state index contributed by atoms with van der Waals surface area (Å²) in [5.41, 5.74) is 0. The number of nitrogens with one attached hydrogen (secondary N) is 2. The number of rotatable bonds is 5. The summed E-state index contributed by atoms with van der Waals surface area (Å²) in [5.74, 6) is 0. The zero-order chi connectivity index (χ0) is 7.98. The van der Waals surface area contributed by atoms with E-state index < -0.39 is 0 Å². The van der Waals surface area contributed by atoms with Crippen LogP contribution in [0.1, 0.15) is 26.7 Å². The minimum absolute atomic E-state index is 0.632. The first-order chi connectivity index (χ1) is 4.70. The summed E-state index contributed by atoms with van der Waals surface area (Å²) in [5, 5.41) is 0. The van der Waals surface area contributed by atoms with Crippen LogP contribution in [0.15, 0.2) is 0 Å². The smallest absolute Gasteiger partial charge is 0.0172 e. The molecule has 0 spiro atoms. The number of hydrogen-bond acceptors (Lipinski definition) is 2. The van der Waals surface area contributed by atoms with E-state index in [1.165, 1.54) is 12.8 Å². The van der Waals surface area contributed by atoms with Crippen molar-refractivity contribution < 1.29 is 0 Å². The Kier molecular flexibility index (Phi) is 8.03. The zero-order valence-electron chi connectivity index (χ0n) is 6.32. The van der Waals surface area contributed by atoms with Crippen LogP contribution < -0.4 is 7.06 Å². The van der Waals surface area contributed by atoms with Crippen molar-refractivity contribution >= 4 is 45.7 Å². The van der Waals surface area contributed by atoms with E-state index in [0.717, 1.165) is 0 Å². The molecule has 62 valence electrons. The second-order valence-corrected chi connectivity index (χ2v) is 3.84. The van der Waals surface area contributed by atoms with Crippen molar-refractivity contribution in [3.8, 4) is 0 Å². The van der Waals surface area contributed by atoms with Crippen molar-refractivity contribution in [2.45, 2.75) is 38.8 Å². The van der Waals surface area contributed by atoms with Gasteiger partial charge in [0.05, 0.1) is 0 Å². The molecule has 0 aromatic heterocycles. The van der Waals surface area contributed by atoms with E-state index >= 15 is 0 Å². The fourth-order valence-corrected chi connectivity index (χ4v) is 1.23. The molecule has 0 aliphatic heterocycles. The van der Waals surface area contributed by atoms with Gasteiger partial charge in [-0.2, -0.15) is 0 Å².